The number of amides is 1. The van der Waals surface area contributed by atoms with E-state index in [1.54, 1.807) is 29.7 Å². The minimum absolute atomic E-state index is 0.181. The van der Waals surface area contributed by atoms with Crippen LogP contribution in [0.5, 0.6) is 0 Å². The molecule has 0 unspecified atom stereocenters. The Bertz CT molecular complexity index is 764. The van der Waals surface area contributed by atoms with Crippen molar-refractivity contribution in [3.63, 3.8) is 0 Å². The van der Waals surface area contributed by atoms with Crippen LogP contribution >= 0.6 is 11.3 Å². The maximum absolute atomic E-state index is 12.5. The van der Waals surface area contributed by atoms with E-state index in [-0.39, 0.29) is 5.91 Å². The van der Waals surface area contributed by atoms with Crippen molar-refractivity contribution < 1.29 is 4.79 Å². The second-order valence-electron chi connectivity index (χ2n) is 5.90. The number of nitriles is 1. The predicted molar refractivity (Wildman–Crippen MR) is 95.1 cm³/mol. The summed E-state index contributed by atoms with van der Waals surface area (Å²) in [5.41, 5.74) is 0.589. The summed E-state index contributed by atoms with van der Waals surface area (Å²) in [6, 6.07) is 9.86. The maximum Gasteiger partial charge on any atom is 0.227 e. The van der Waals surface area contributed by atoms with Crippen LogP contribution in [0.3, 0.4) is 0 Å². The molecule has 5 nitrogen and oxygen atoms in total. The zero-order valence-electron chi connectivity index (χ0n) is 13.7. The molecule has 0 aliphatic carbocycles. The summed E-state index contributed by atoms with van der Waals surface area (Å²) < 4.78 is 0. The number of carbonyl (C=O) groups is 1. The molecule has 1 amide bonds. The first-order valence-electron chi connectivity index (χ1n) is 8.10. The van der Waals surface area contributed by atoms with Crippen molar-refractivity contribution in [3.05, 3.63) is 45.8 Å². The minimum Gasteiger partial charge on any atom is -0.354 e. The minimum atomic E-state index is 0.181. The molecule has 0 bridgehead atoms. The van der Waals surface area contributed by atoms with E-state index in [0.29, 0.717) is 25.1 Å². The summed E-state index contributed by atoms with van der Waals surface area (Å²) in [6.45, 7) is 5.01. The predicted octanol–water partition coefficient (Wildman–Crippen LogP) is 2.60. The van der Waals surface area contributed by atoms with Crippen molar-refractivity contribution in [2.45, 2.75) is 19.8 Å². The standard InChI is InChI=1S/C18H20N4OS/c1-14-5-6-16(24-14)12-17(23)21-8-3-9-22(11-10-21)18-15(13-19)4-2-7-20-18/h2,4-7H,3,8-12H2,1H3. The van der Waals surface area contributed by atoms with Crippen LogP contribution in [0.1, 0.15) is 21.7 Å². The molecule has 3 heterocycles. The molecular formula is C18H20N4OS. The number of pyridine rings is 1. The Kier molecular flexibility index (Phi) is 5.11. The fourth-order valence-corrected chi connectivity index (χ4v) is 3.84. The normalized spacial score (nSPS) is 15.0. The summed E-state index contributed by atoms with van der Waals surface area (Å²) >= 11 is 1.68. The lowest BCUT2D eigenvalue weighted by Gasteiger charge is -2.23. The Morgan fingerprint density at radius 2 is 2.17 bits per heavy atom. The maximum atomic E-state index is 12.5. The summed E-state index contributed by atoms with van der Waals surface area (Å²) in [5.74, 6) is 0.906. The second kappa shape index (κ2) is 7.45. The van der Waals surface area contributed by atoms with Crippen LogP contribution in [0, 0.1) is 18.3 Å². The summed E-state index contributed by atoms with van der Waals surface area (Å²) in [7, 11) is 0. The quantitative estimate of drug-likeness (QED) is 0.862. The average Bonchev–Trinajstić information content (AvgIpc) is 2.86. The number of thiophene rings is 1. The molecule has 2 aromatic rings. The fraction of sp³-hybridized carbons (Fsp3) is 0.389. The van der Waals surface area contributed by atoms with Crippen molar-refractivity contribution in [2.75, 3.05) is 31.1 Å². The van der Waals surface area contributed by atoms with Gasteiger partial charge in [0.05, 0.1) is 12.0 Å². The molecule has 1 aliphatic rings. The Balaban J connectivity index is 1.64. The molecule has 2 aromatic heterocycles. The SMILES string of the molecule is Cc1ccc(CC(=O)N2CCCN(c3ncccc3C#N)CC2)s1. The Morgan fingerprint density at radius 1 is 1.29 bits per heavy atom. The number of hydrogen-bond acceptors (Lipinski definition) is 5. The van der Waals surface area contributed by atoms with E-state index < -0.39 is 0 Å². The molecule has 24 heavy (non-hydrogen) atoms. The molecule has 1 aliphatic heterocycles. The van der Waals surface area contributed by atoms with Gasteiger partial charge >= 0.3 is 0 Å². The van der Waals surface area contributed by atoms with E-state index in [9.17, 15) is 10.1 Å². The molecule has 0 spiro atoms. The van der Waals surface area contributed by atoms with Crippen LogP contribution in [0.15, 0.2) is 30.5 Å². The number of anilines is 1. The first-order chi connectivity index (χ1) is 11.7. The summed E-state index contributed by atoms with van der Waals surface area (Å²) in [5, 5.41) is 9.25. The van der Waals surface area contributed by atoms with Crippen LogP contribution in [0.4, 0.5) is 5.82 Å². The highest BCUT2D eigenvalue weighted by molar-refractivity contribution is 7.12. The number of carbonyl (C=O) groups excluding carboxylic acids is 1. The Labute approximate surface area is 146 Å². The number of nitrogens with zero attached hydrogens (tertiary/aromatic N) is 4. The number of rotatable bonds is 3. The third-order valence-corrected chi connectivity index (χ3v) is 5.18. The third-order valence-electron chi connectivity index (χ3n) is 4.18. The van der Waals surface area contributed by atoms with Gasteiger partial charge in [-0.2, -0.15) is 5.26 Å². The third kappa shape index (κ3) is 3.74. The Hall–Kier alpha value is -2.39. The number of hydrogen-bond donors (Lipinski definition) is 0. The molecule has 1 saturated heterocycles. The first kappa shape index (κ1) is 16.5. The van der Waals surface area contributed by atoms with Crippen LogP contribution in [-0.2, 0) is 11.2 Å². The largest absolute Gasteiger partial charge is 0.354 e. The fourth-order valence-electron chi connectivity index (χ4n) is 2.96. The van der Waals surface area contributed by atoms with Gasteiger partial charge in [0.1, 0.15) is 11.9 Å². The lowest BCUT2D eigenvalue weighted by molar-refractivity contribution is -0.130. The van der Waals surface area contributed by atoms with Crippen LogP contribution < -0.4 is 4.90 Å². The first-order valence-corrected chi connectivity index (χ1v) is 8.92. The van der Waals surface area contributed by atoms with Crippen molar-refractivity contribution in [1.29, 1.82) is 5.26 Å². The zero-order chi connectivity index (χ0) is 16.9. The molecule has 0 radical (unpaired) electrons. The number of aryl methyl sites for hydroxylation is 1. The topological polar surface area (TPSA) is 60.2 Å². The molecule has 0 N–H and O–H groups in total. The van der Waals surface area contributed by atoms with Gasteiger partial charge in [0.2, 0.25) is 5.91 Å². The molecule has 0 atom stereocenters. The van der Waals surface area contributed by atoms with Gasteiger partial charge in [0.25, 0.3) is 0 Å². The van der Waals surface area contributed by atoms with Gasteiger partial charge in [-0.15, -0.1) is 11.3 Å². The van der Waals surface area contributed by atoms with E-state index in [2.05, 4.69) is 28.9 Å². The number of aromatic nitrogens is 1. The van der Waals surface area contributed by atoms with E-state index >= 15 is 0 Å². The van der Waals surface area contributed by atoms with Crippen LogP contribution in [0.2, 0.25) is 0 Å². The average molecular weight is 340 g/mol. The van der Waals surface area contributed by atoms with E-state index in [1.807, 2.05) is 11.0 Å². The van der Waals surface area contributed by atoms with Gasteiger partial charge < -0.3 is 9.80 Å². The summed E-state index contributed by atoms with van der Waals surface area (Å²) in [6.07, 6.45) is 3.07. The molecule has 0 aromatic carbocycles. The van der Waals surface area contributed by atoms with Crippen molar-refractivity contribution in [3.8, 4) is 6.07 Å². The molecule has 1 fully saturated rings. The Morgan fingerprint density at radius 3 is 2.92 bits per heavy atom. The zero-order valence-corrected chi connectivity index (χ0v) is 14.6. The van der Waals surface area contributed by atoms with E-state index in [0.717, 1.165) is 30.2 Å². The molecule has 0 saturated carbocycles. The molecule has 3 rings (SSSR count). The van der Waals surface area contributed by atoms with Crippen molar-refractivity contribution in [2.24, 2.45) is 0 Å². The van der Waals surface area contributed by atoms with E-state index in [4.69, 9.17) is 0 Å². The van der Waals surface area contributed by atoms with Gasteiger partial charge in [-0.3, -0.25) is 4.79 Å². The van der Waals surface area contributed by atoms with Gasteiger partial charge in [-0.1, -0.05) is 0 Å². The smallest absolute Gasteiger partial charge is 0.227 e. The van der Waals surface area contributed by atoms with Gasteiger partial charge in [-0.25, -0.2) is 4.98 Å². The lowest BCUT2D eigenvalue weighted by Crippen LogP contribution is -2.36. The monoisotopic (exact) mass is 340 g/mol. The van der Waals surface area contributed by atoms with E-state index in [1.165, 1.54) is 4.88 Å². The summed E-state index contributed by atoms with van der Waals surface area (Å²) in [4.78, 5) is 23.3. The van der Waals surface area contributed by atoms with Crippen molar-refractivity contribution in [1.82, 2.24) is 9.88 Å². The van der Waals surface area contributed by atoms with Gasteiger partial charge in [0.15, 0.2) is 0 Å². The van der Waals surface area contributed by atoms with Gasteiger partial charge in [0, 0.05) is 42.1 Å². The highest BCUT2D eigenvalue weighted by Gasteiger charge is 2.21. The lowest BCUT2D eigenvalue weighted by atomic mass is 10.2. The molecular weight excluding hydrogens is 320 g/mol. The van der Waals surface area contributed by atoms with Gasteiger partial charge in [-0.05, 0) is 37.6 Å². The van der Waals surface area contributed by atoms with Crippen LogP contribution in [0.25, 0.3) is 0 Å². The second-order valence-corrected chi connectivity index (χ2v) is 7.27. The van der Waals surface area contributed by atoms with Crippen LogP contribution in [-0.4, -0.2) is 42.0 Å². The molecule has 124 valence electrons. The molecule has 6 heteroatoms. The highest BCUT2D eigenvalue weighted by Crippen LogP contribution is 2.20. The highest BCUT2D eigenvalue weighted by atomic mass is 32.1. The van der Waals surface area contributed by atoms with Crippen molar-refractivity contribution >= 4 is 23.1 Å².